The van der Waals surface area contributed by atoms with Crippen LogP contribution in [0.25, 0.3) is 0 Å². The minimum Gasteiger partial charge on any atom is -0.491 e. The highest BCUT2D eigenvalue weighted by Gasteiger charge is 2.07. The summed E-state index contributed by atoms with van der Waals surface area (Å²) < 4.78 is 10.7. The molecule has 0 radical (unpaired) electrons. The first-order valence-electron chi connectivity index (χ1n) is 5.78. The maximum atomic E-state index is 8.12. The van der Waals surface area contributed by atoms with Crippen molar-refractivity contribution in [3.63, 3.8) is 0 Å². The molecule has 0 N–H and O–H groups in total. The largest absolute Gasteiger partial charge is 0.491 e. The van der Waals surface area contributed by atoms with Crippen molar-refractivity contribution in [1.29, 1.82) is 0 Å². The maximum absolute atomic E-state index is 8.12. The Morgan fingerprint density at radius 1 is 1.22 bits per heavy atom. The van der Waals surface area contributed by atoms with Gasteiger partial charge >= 0.3 is 6.15 Å². The SMILES string of the molecule is COCCOc1cc(C)ccc1C(C)C.O=C=O. The van der Waals surface area contributed by atoms with E-state index >= 15 is 0 Å². The number of benzene rings is 1. The van der Waals surface area contributed by atoms with E-state index in [2.05, 4.69) is 39.0 Å². The van der Waals surface area contributed by atoms with Crippen LogP contribution in [0.15, 0.2) is 18.2 Å². The Balaban J connectivity index is 0.000000873. The molecule has 0 aliphatic carbocycles. The van der Waals surface area contributed by atoms with Gasteiger partial charge in [-0.1, -0.05) is 26.0 Å². The topological polar surface area (TPSA) is 52.6 Å². The average molecular weight is 252 g/mol. The van der Waals surface area contributed by atoms with Crippen LogP contribution >= 0.6 is 0 Å². The molecule has 1 aromatic carbocycles. The van der Waals surface area contributed by atoms with Gasteiger partial charge in [0, 0.05) is 7.11 Å². The molecule has 0 unspecified atom stereocenters. The predicted molar refractivity (Wildman–Crippen MR) is 67.6 cm³/mol. The monoisotopic (exact) mass is 252 g/mol. The summed E-state index contributed by atoms with van der Waals surface area (Å²) in [5.74, 6) is 1.48. The van der Waals surface area contributed by atoms with Crippen molar-refractivity contribution in [1.82, 2.24) is 0 Å². The van der Waals surface area contributed by atoms with E-state index in [1.807, 2.05) is 0 Å². The van der Waals surface area contributed by atoms with Gasteiger partial charge in [0.25, 0.3) is 0 Å². The van der Waals surface area contributed by atoms with Crippen LogP contribution in [0.5, 0.6) is 5.75 Å². The molecule has 0 saturated carbocycles. The summed E-state index contributed by atoms with van der Waals surface area (Å²) in [6, 6.07) is 6.35. The quantitative estimate of drug-likeness (QED) is 0.756. The second-order valence-electron chi connectivity index (χ2n) is 4.12. The van der Waals surface area contributed by atoms with E-state index in [0.717, 1.165) is 5.75 Å². The van der Waals surface area contributed by atoms with Crippen LogP contribution in [-0.4, -0.2) is 26.5 Å². The van der Waals surface area contributed by atoms with Gasteiger partial charge in [0.1, 0.15) is 12.4 Å². The van der Waals surface area contributed by atoms with Gasteiger partial charge in [0.2, 0.25) is 0 Å². The van der Waals surface area contributed by atoms with Gasteiger partial charge in [0.05, 0.1) is 6.61 Å². The summed E-state index contributed by atoms with van der Waals surface area (Å²) >= 11 is 0. The fourth-order valence-corrected chi connectivity index (χ4v) is 1.48. The fraction of sp³-hybridized carbons (Fsp3) is 0.500. The predicted octanol–water partition coefficient (Wildman–Crippen LogP) is 2.56. The molecular formula is C14H20O4. The van der Waals surface area contributed by atoms with E-state index in [9.17, 15) is 0 Å². The second-order valence-corrected chi connectivity index (χ2v) is 4.12. The highest BCUT2D eigenvalue weighted by molar-refractivity contribution is 5.39. The molecule has 0 spiro atoms. The lowest BCUT2D eigenvalue weighted by Crippen LogP contribution is -2.06. The Morgan fingerprint density at radius 3 is 2.33 bits per heavy atom. The van der Waals surface area contributed by atoms with Crippen LogP contribution in [0, 0.1) is 6.92 Å². The molecule has 100 valence electrons. The summed E-state index contributed by atoms with van der Waals surface area (Å²) in [4.78, 5) is 16.2. The molecule has 0 aliphatic rings. The third kappa shape index (κ3) is 6.18. The fourth-order valence-electron chi connectivity index (χ4n) is 1.48. The van der Waals surface area contributed by atoms with Crippen molar-refractivity contribution in [3.05, 3.63) is 29.3 Å². The lowest BCUT2D eigenvalue weighted by atomic mass is 10.0. The lowest BCUT2D eigenvalue weighted by molar-refractivity contribution is -0.191. The van der Waals surface area contributed by atoms with Gasteiger partial charge in [-0.2, -0.15) is 9.59 Å². The third-order valence-electron chi connectivity index (χ3n) is 2.34. The van der Waals surface area contributed by atoms with Crippen LogP contribution in [0.2, 0.25) is 0 Å². The Labute approximate surface area is 108 Å². The van der Waals surface area contributed by atoms with E-state index < -0.39 is 0 Å². The zero-order valence-corrected chi connectivity index (χ0v) is 11.4. The number of aryl methyl sites for hydroxylation is 1. The number of ether oxygens (including phenoxy) is 2. The standard InChI is InChI=1S/C13H20O2.CO2/c1-10(2)12-6-5-11(3)9-13(12)15-8-7-14-4;2-1-3/h5-6,9-10H,7-8H2,1-4H3;. The average Bonchev–Trinajstić information content (AvgIpc) is 2.30. The molecule has 0 amide bonds. The lowest BCUT2D eigenvalue weighted by Gasteiger charge is -2.14. The number of rotatable bonds is 5. The number of hydrogen-bond donors (Lipinski definition) is 0. The summed E-state index contributed by atoms with van der Waals surface area (Å²) in [6.45, 7) is 7.67. The zero-order valence-electron chi connectivity index (χ0n) is 11.4. The van der Waals surface area contributed by atoms with Crippen molar-refractivity contribution >= 4 is 6.15 Å². The summed E-state index contributed by atoms with van der Waals surface area (Å²) in [5.41, 5.74) is 2.49. The van der Waals surface area contributed by atoms with Crippen molar-refractivity contribution in [3.8, 4) is 5.75 Å². The molecule has 1 rings (SSSR count). The van der Waals surface area contributed by atoms with Crippen molar-refractivity contribution in [2.24, 2.45) is 0 Å². The second kappa shape index (κ2) is 9.40. The molecule has 0 bridgehead atoms. The Morgan fingerprint density at radius 2 is 1.83 bits per heavy atom. The van der Waals surface area contributed by atoms with E-state index in [4.69, 9.17) is 19.1 Å². The first-order chi connectivity index (χ1) is 8.56. The minimum atomic E-state index is 0.250. The van der Waals surface area contributed by atoms with E-state index in [1.165, 1.54) is 11.1 Å². The molecule has 4 heteroatoms. The number of methoxy groups -OCH3 is 1. The molecule has 18 heavy (non-hydrogen) atoms. The molecule has 1 aromatic rings. The minimum absolute atomic E-state index is 0.250. The number of hydrogen-bond acceptors (Lipinski definition) is 4. The summed E-state index contributed by atoms with van der Waals surface area (Å²) in [5, 5.41) is 0. The normalized spacial score (nSPS) is 9.39. The van der Waals surface area contributed by atoms with Gasteiger partial charge in [-0.3, -0.25) is 0 Å². The third-order valence-corrected chi connectivity index (χ3v) is 2.34. The molecule has 0 fully saturated rings. The van der Waals surface area contributed by atoms with Crippen LogP contribution in [-0.2, 0) is 14.3 Å². The Hall–Kier alpha value is -1.64. The van der Waals surface area contributed by atoms with Crippen LogP contribution in [0.1, 0.15) is 30.9 Å². The van der Waals surface area contributed by atoms with Gasteiger partial charge in [-0.25, -0.2) is 0 Å². The molecule has 0 atom stereocenters. The van der Waals surface area contributed by atoms with Crippen LogP contribution in [0.4, 0.5) is 0 Å². The van der Waals surface area contributed by atoms with E-state index in [0.29, 0.717) is 19.1 Å². The van der Waals surface area contributed by atoms with Gasteiger partial charge < -0.3 is 9.47 Å². The highest BCUT2D eigenvalue weighted by Crippen LogP contribution is 2.27. The molecule has 0 saturated heterocycles. The highest BCUT2D eigenvalue weighted by atomic mass is 16.5. The summed E-state index contributed by atoms with van der Waals surface area (Å²) in [7, 11) is 1.68. The van der Waals surface area contributed by atoms with Crippen LogP contribution in [0.3, 0.4) is 0 Å². The Kier molecular flexibility index (Phi) is 8.54. The Bertz CT molecular complexity index is 379. The van der Waals surface area contributed by atoms with Gasteiger partial charge in [-0.15, -0.1) is 0 Å². The molecule has 4 nitrogen and oxygen atoms in total. The first-order valence-corrected chi connectivity index (χ1v) is 5.78. The van der Waals surface area contributed by atoms with Gasteiger partial charge in [0.15, 0.2) is 0 Å². The smallest absolute Gasteiger partial charge is 0.373 e. The number of carbonyl (C=O) groups excluding carboxylic acids is 2. The van der Waals surface area contributed by atoms with Gasteiger partial charge in [-0.05, 0) is 30.0 Å². The maximum Gasteiger partial charge on any atom is 0.373 e. The van der Waals surface area contributed by atoms with E-state index in [-0.39, 0.29) is 6.15 Å². The van der Waals surface area contributed by atoms with Crippen molar-refractivity contribution < 1.29 is 19.1 Å². The molecular weight excluding hydrogens is 232 g/mol. The molecule has 0 aromatic heterocycles. The van der Waals surface area contributed by atoms with Crippen molar-refractivity contribution in [2.75, 3.05) is 20.3 Å². The molecule has 0 heterocycles. The van der Waals surface area contributed by atoms with Crippen LogP contribution < -0.4 is 4.74 Å². The van der Waals surface area contributed by atoms with Crippen molar-refractivity contribution in [2.45, 2.75) is 26.7 Å². The summed E-state index contributed by atoms with van der Waals surface area (Å²) in [6.07, 6.45) is 0.250. The molecule has 0 aliphatic heterocycles. The van der Waals surface area contributed by atoms with E-state index in [1.54, 1.807) is 7.11 Å². The first kappa shape index (κ1) is 16.4. The zero-order chi connectivity index (χ0) is 14.0.